The van der Waals surface area contributed by atoms with Gasteiger partial charge in [-0.1, -0.05) is 6.92 Å². The fourth-order valence-electron chi connectivity index (χ4n) is 1.63. The van der Waals surface area contributed by atoms with E-state index in [0.29, 0.717) is 0 Å². The van der Waals surface area contributed by atoms with Gasteiger partial charge >= 0.3 is 0 Å². The van der Waals surface area contributed by atoms with Crippen molar-refractivity contribution in [2.24, 2.45) is 0 Å². The predicted octanol–water partition coefficient (Wildman–Crippen LogP) is 2.63. The maximum Gasteiger partial charge on any atom is 0.128 e. The number of rotatable bonds is 5. The van der Waals surface area contributed by atoms with Crippen molar-refractivity contribution in [2.45, 2.75) is 33.7 Å². The van der Waals surface area contributed by atoms with Crippen LogP contribution in [0.15, 0.2) is 6.20 Å². The Balaban J connectivity index is 0.00000225. The van der Waals surface area contributed by atoms with Crippen molar-refractivity contribution in [3.63, 3.8) is 0 Å². The molecule has 0 aliphatic carbocycles. The van der Waals surface area contributed by atoms with Crippen LogP contribution in [0.25, 0.3) is 0 Å². The number of aryl methyl sites for hydroxylation is 1. The van der Waals surface area contributed by atoms with Gasteiger partial charge in [0.05, 0.1) is 12.8 Å². The second-order valence-electron chi connectivity index (χ2n) is 3.72. The van der Waals surface area contributed by atoms with Crippen LogP contribution >= 0.6 is 12.4 Å². The van der Waals surface area contributed by atoms with Crippen molar-refractivity contribution in [3.05, 3.63) is 23.0 Å². The van der Waals surface area contributed by atoms with Crippen LogP contribution < -0.4 is 10.1 Å². The first-order valence-electron chi connectivity index (χ1n) is 5.40. The van der Waals surface area contributed by atoms with Crippen LogP contribution in [0.5, 0.6) is 5.75 Å². The minimum atomic E-state index is 0. The number of hydrogen-bond acceptors (Lipinski definition) is 3. The number of nitrogens with zero attached hydrogens (tertiary/aromatic N) is 1. The Hall–Kier alpha value is -0.800. The average molecular weight is 245 g/mol. The van der Waals surface area contributed by atoms with Crippen molar-refractivity contribution < 1.29 is 4.74 Å². The van der Waals surface area contributed by atoms with E-state index in [0.717, 1.165) is 42.1 Å². The zero-order chi connectivity index (χ0) is 11.3. The number of ether oxygens (including phenoxy) is 1. The Morgan fingerprint density at radius 3 is 2.62 bits per heavy atom. The molecule has 0 unspecified atom stereocenters. The molecular weight excluding hydrogens is 224 g/mol. The van der Waals surface area contributed by atoms with E-state index in [1.54, 1.807) is 7.11 Å². The molecule has 0 spiro atoms. The third-order valence-corrected chi connectivity index (χ3v) is 2.47. The highest BCUT2D eigenvalue weighted by Crippen LogP contribution is 2.23. The summed E-state index contributed by atoms with van der Waals surface area (Å²) in [5.41, 5.74) is 3.31. The summed E-state index contributed by atoms with van der Waals surface area (Å²) in [6.07, 6.45) is 3.01. The van der Waals surface area contributed by atoms with Crippen molar-refractivity contribution in [3.8, 4) is 5.75 Å². The highest BCUT2D eigenvalue weighted by Gasteiger charge is 2.08. The third kappa shape index (κ3) is 3.65. The minimum Gasteiger partial charge on any atom is -0.496 e. The number of halogens is 1. The molecule has 1 aromatic rings. The van der Waals surface area contributed by atoms with Gasteiger partial charge in [0.15, 0.2) is 0 Å². The molecule has 1 heterocycles. The molecule has 0 bridgehead atoms. The SMILES string of the molecule is CCCNCc1ncc(C)c(OC)c1C.Cl. The van der Waals surface area contributed by atoms with E-state index >= 15 is 0 Å². The summed E-state index contributed by atoms with van der Waals surface area (Å²) in [5.74, 6) is 0.957. The van der Waals surface area contributed by atoms with Crippen molar-refractivity contribution in [1.29, 1.82) is 0 Å². The van der Waals surface area contributed by atoms with Gasteiger partial charge < -0.3 is 10.1 Å². The zero-order valence-electron chi connectivity index (χ0n) is 10.5. The summed E-state index contributed by atoms with van der Waals surface area (Å²) in [5, 5.41) is 3.34. The Labute approximate surface area is 104 Å². The van der Waals surface area contributed by atoms with E-state index in [1.165, 1.54) is 0 Å². The van der Waals surface area contributed by atoms with E-state index in [1.807, 2.05) is 13.1 Å². The standard InChI is InChI=1S/C12H20N2O.ClH/c1-5-6-13-8-11-10(3)12(15-4)9(2)7-14-11;/h7,13H,5-6,8H2,1-4H3;1H. The molecular formula is C12H21ClN2O. The second kappa shape index (κ2) is 7.47. The zero-order valence-corrected chi connectivity index (χ0v) is 11.3. The lowest BCUT2D eigenvalue weighted by molar-refractivity contribution is 0.406. The highest BCUT2D eigenvalue weighted by atomic mass is 35.5. The maximum absolute atomic E-state index is 5.35. The van der Waals surface area contributed by atoms with Crippen molar-refractivity contribution >= 4 is 12.4 Å². The average Bonchev–Trinajstić information content (AvgIpc) is 2.22. The lowest BCUT2D eigenvalue weighted by Crippen LogP contribution is -2.16. The first-order chi connectivity index (χ1) is 7.20. The van der Waals surface area contributed by atoms with Gasteiger partial charge in [0.25, 0.3) is 0 Å². The summed E-state index contributed by atoms with van der Waals surface area (Å²) in [6.45, 7) is 8.07. The molecule has 0 fully saturated rings. The topological polar surface area (TPSA) is 34.2 Å². The molecule has 0 atom stereocenters. The van der Waals surface area contributed by atoms with E-state index < -0.39 is 0 Å². The van der Waals surface area contributed by atoms with E-state index in [2.05, 4.69) is 24.1 Å². The van der Waals surface area contributed by atoms with Crippen LogP contribution in [0.2, 0.25) is 0 Å². The van der Waals surface area contributed by atoms with Gasteiger partial charge in [0.2, 0.25) is 0 Å². The molecule has 0 aliphatic rings. The lowest BCUT2D eigenvalue weighted by atomic mass is 10.1. The maximum atomic E-state index is 5.35. The van der Waals surface area contributed by atoms with Gasteiger partial charge in [-0.05, 0) is 26.8 Å². The summed E-state index contributed by atoms with van der Waals surface area (Å²) in [7, 11) is 1.71. The summed E-state index contributed by atoms with van der Waals surface area (Å²) in [4.78, 5) is 4.42. The van der Waals surface area contributed by atoms with Gasteiger partial charge in [-0.2, -0.15) is 0 Å². The number of pyridine rings is 1. The number of hydrogen-bond donors (Lipinski definition) is 1. The Morgan fingerprint density at radius 2 is 2.06 bits per heavy atom. The third-order valence-electron chi connectivity index (χ3n) is 2.47. The molecule has 1 rings (SSSR count). The quantitative estimate of drug-likeness (QED) is 0.809. The second-order valence-corrected chi connectivity index (χ2v) is 3.72. The fourth-order valence-corrected chi connectivity index (χ4v) is 1.63. The highest BCUT2D eigenvalue weighted by molar-refractivity contribution is 5.85. The minimum absolute atomic E-state index is 0. The molecule has 0 radical (unpaired) electrons. The molecule has 0 saturated carbocycles. The number of methoxy groups -OCH3 is 1. The number of aromatic nitrogens is 1. The number of nitrogens with one attached hydrogen (secondary N) is 1. The molecule has 0 aliphatic heterocycles. The Bertz CT molecular complexity index is 329. The summed E-state index contributed by atoms with van der Waals surface area (Å²) < 4.78 is 5.35. The fraction of sp³-hybridized carbons (Fsp3) is 0.583. The van der Waals surface area contributed by atoms with Crippen LogP contribution in [0.1, 0.15) is 30.2 Å². The largest absolute Gasteiger partial charge is 0.496 e. The normalized spacial score (nSPS) is 9.75. The molecule has 3 nitrogen and oxygen atoms in total. The first kappa shape index (κ1) is 15.2. The Kier molecular flexibility index (Phi) is 7.10. The molecule has 4 heteroatoms. The van der Waals surface area contributed by atoms with Gasteiger partial charge in [-0.15, -0.1) is 12.4 Å². The summed E-state index contributed by atoms with van der Waals surface area (Å²) >= 11 is 0. The molecule has 0 saturated heterocycles. The molecule has 92 valence electrons. The monoisotopic (exact) mass is 244 g/mol. The molecule has 16 heavy (non-hydrogen) atoms. The summed E-state index contributed by atoms with van der Waals surface area (Å²) in [6, 6.07) is 0. The van der Waals surface area contributed by atoms with E-state index in [4.69, 9.17) is 4.74 Å². The Morgan fingerprint density at radius 1 is 1.38 bits per heavy atom. The van der Waals surface area contributed by atoms with Gasteiger partial charge in [0.1, 0.15) is 5.75 Å². The van der Waals surface area contributed by atoms with Crippen molar-refractivity contribution in [2.75, 3.05) is 13.7 Å². The molecule has 0 amide bonds. The van der Waals surface area contributed by atoms with E-state index in [9.17, 15) is 0 Å². The van der Waals surface area contributed by atoms with Crippen molar-refractivity contribution in [1.82, 2.24) is 10.3 Å². The predicted molar refractivity (Wildman–Crippen MR) is 69.5 cm³/mol. The van der Waals surface area contributed by atoms with Gasteiger partial charge in [-0.25, -0.2) is 0 Å². The van der Waals surface area contributed by atoms with Crippen LogP contribution in [0.4, 0.5) is 0 Å². The van der Waals surface area contributed by atoms with E-state index in [-0.39, 0.29) is 12.4 Å². The van der Waals surface area contributed by atoms with Crippen LogP contribution in [-0.4, -0.2) is 18.6 Å². The van der Waals surface area contributed by atoms with Gasteiger partial charge in [0, 0.05) is 23.9 Å². The smallest absolute Gasteiger partial charge is 0.128 e. The first-order valence-corrected chi connectivity index (χ1v) is 5.40. The van der Waals surface area contributed by atoms with Crippen LogP contribution in [0, 0.1) is 13.8 Å². The molecule has 1 aromatic heterocycles. The van der Waals surface area contributed by atoms with Crippen LogP contribution in [-0.2, 0) is 6.54 Å². The van der Waals surface area contributed by atoms with Crippen LogP contribution in [0.3, 0.4) is 0 Å². The lowest BCUT2D eigenvalue weighted by Gasteiger charge is -2.12. The van der Waals surface area contributed by atoms with Gasteiger partial charge in [-0.3, -0.25) is 4.98 Å². The molecule has 0 aromatic carbocycles. The molecule has 1 N–H and O–H groups in total.